The number of carbonyl (C=O) groups is 1. The van der Waals surface area contributed by atoms with E-state index in [-0.39, 0.29) is 18.1 Å². The van der Waals surface area contributed by atoms with E-state index in [0.29, 0.717) is 13.1 Å². The molecule has 112 valence electrons. The van der Waals surface area contributed by atoms with Crippen LogP contribution in [0.2, 0.25) is 0 Å². The number of nitrogens with zero attached hydrogens (tertiary/aromatic N) is 4. The third-order valence-electron chi connectivity index (χ3n) is 3.27. The summed E-state index contributed by atoms with van der Waals surface area (Å²) >= 11 is 0. The molecular formula is C17H18N4O. The van der Waals surface area contributed by atoms with Crippen molar-refractivity contribution in [1.82, 2.24) is 19.9 Å². The number of carbonyl (C=O) groups excluding carboxylic acids is 1. The van der Waals surface area contributed by atoms with E-state index >= 15 is 0 Å². The number of amides is 1. The maximum atomic E-state index is 12.3. The van der Waals surface area contributed by atoms with E-state index in [4.69, 9.17) is 6.42 Å². The van der Waals surface area contributed by atoms with Crippen molar-refractivity contribution in [2.75, 3.05) is 13.1 Å². The Labute approximate surface area is 130 Å². The Balaban J connectivity index is 2.14. The van der Waals surface area contributed by atoms with Crippen LogP contribution in [0.5, 0.6) is 0 Å². The van der Waals surface area contributed by atoms with Crippen molar-refractivity contribution < 1.29 is 4.79 Å². The van der Waals surface area contributed by atoms with E-state index in [2.05, 4.69) is 22.8 Å². The van der Waals surface area contributed by atoms with Crippen molar-refractivity contribution in [2.24, 2.45) is 0 Å². The average molecular weight is 294 g/mol. The van der Waals surface area contributed by atoms with Gasteiger partial charge in [-0.25, -0.2) is 4.68 Å². The summed E-state index contributed by atoms with van der Waals surface area (Å²) < 4.78 is 1.65. The SMILES string of the molecule is C#CCN(CC=C)C(=O)c1cn(Cc2ccccc2C)nn1. The molecule has 0 saturated heterocycles. The summed E-state index contributed by atoms with van der Waals surface area (Å²) in [7, 11) is 0. The fraction of sp³-hybridized carbons (Fsp3) is 0.235. The molecule has 2 aromatic rings. The van der Waals surface area contributed by atoms with E-state index in [1.165, 1.54) is 10.5 Å². The Hall–Kier alpha value is -2.87. The second-order valence-corrected chi connectivity index (χ2v) is 4.91. The first-order valence-electron chi connectivity index (χ1n) is 6.94. The molecule has 0 saturated carbocycles. The molecule has 0 atom stereocenters. The van der Waals surface area contributed by atoms with Crippen LogP contribution in [0.25, 0.3) is 0 Å². The molecule has 1 heterocycles. The minimum atomic E-state index is -0.242. The first kappa shape index (κ1) is 15.5. The van der Waals surface area contributed by atoms with Gasteiger partial charge in [0.2, 0.25) is 0 Å². The zero-order chi connectivity index (χ0) is 15.9. The van der Waals surface area contributed by atoms with Crippen LogP contribution >= 0.6 is 0 Å². The Morgan fingerprint density at radius 1 is 1.50 bits per heavy atom. The number of rotatable bonds is 6. The third-order valence-corrected chi connectivity index (χ3v) is 3.27. The predicted molar refractivity (Wildman–Crippen MR) is 85.2 cm³/mol. The van der Waals surface area contributed by atoms with E-state index in [9.17, 15) is 4.79 Å². The lowest BCUT2D eigenvalue weighted by Gasteiger charge is -2.16. The molecule has 0 fully saturated rings. The van der Waals surface area contributed by atoms with E-state index in [1.54, 1.807) is 17.0 Å². The largest absolute Gasteiger partial charge is 0.322 e. The zero-order valence-corrected chi connectivity index (χ0v) is 12.6. The lowest BCUT2D eigenvalue weighted by atomic mass is 10.1. The lowest BCUT2D eigenvalue weighted by molar-refractivity contribution is 0.0787. The molecule has 0 N–H and O–H groups in total. The molecule has 0 aliphatic rings. The lowest BCUT2D eigenvalue weighted by Crippen LogP contribution is -2.31. The summed E-state index contributed by atoms with van der Waals surface area (Å²) in [5.41, 5.74) is 2.59. The number of aryl methyl sites for hydroxylation is 1. The summed E-state index contributed by atoms with van der Waals surface area (Å²) in [5.74, 6) is 2.22. The molecule has 0 aliphatic carbocycles. The van der Waals surface area contributed by atoms with Gasteiger partial charge in [-0.15, -0.1) is 18.1 Å². The van der Waals surface area contributed by atoms with Gasteiger partial charge in [-0.2, -0.15) is 0 Å². The molecule has 5 nitrogen and oxygen atoms in total. The van der Waals surface area contributed by atoms with Crippen LogP contribution in [-0.4, -0.2) is 38.9 Å². The molecule has 0 unspecified atom stereocenters. The maximum absolute atomic E-state index is 12.3. The molecule has 1 amide bonds. The molecule has 5 heteroatoms. The number of aromatic nitrogens is 3. The van der Waals surface area contributed by atoms with Crippen LogP contribution in [-0.2, 0) is 6.54 Å². The van der Waals surface area contributed by atoms with Gasteiger partial charge in [-0.1, -0.05) is 41.5 Å². The van der Waals surface area contributed by atoms with Gasteiger partial charge in [0, 0.05) is 6.54 Å². The van der Waals surface area contributed by atoms with E-state index < -0.39 is 0 Å². The first-order chi connectivity index (χ1) is 10.7. The fourth-order valence-corrected chi connectivity index (χ4v) is 2.08. The minimum Gasteiger partial charge on any atom is -0.322 e. The first-order valence-corrected chi connectivity index (χ1v) is 6.94. The van der Waals surface area contributed by atoms with Crippen molar-refractivity contribution in [3.05, 3.63) is 59.9 Å². The maximum Gasteiger partial charge on any atom is 0.277 e. The Morgan fingerprint density at radius 3 is 2.95 bits per heavy atom. The molecule has 2 rings (SSSR count). The van der Waals surface area contributed by atoms with Crippen molar-refractivity contribution in [3.63, 3.8) is 0 Å². The Kier molecular flexibility index (Phi) is 5.10. The summed E-state index contributed by atoms with van der Waals surface area (Å²) in [6.07, 6.45) is 8.55. The van der Waals surface area contributed by atoms with Gasteiger partial charge >= 0.3 is 0 Å². The number of terminal acetylenes is 1. The van der Waals surface area contributed by atoms with Gasteiger partial charge in [0.1, 0.15) is 0 Å². The summed E-state index contributed by atoms with van der Waals surface area (Å²) in [4.78, 5) is 13.8. The van der Waals surface area contributed by atoms with Crippen LogP contribution in [0, 0.1) is 19.3 Å². The highest BCUT2D eigenvalue weighted by molar-refractivity contribution is 5.92. The van der Waals surface area contributed by atoms with E-state index in [1.807, 2.05) is 31.2 Å². The smallest absolute Gasteiger partial charge is 0.277 e. The predicted octanol–water partition coefficient (Wildman–Crippen LogP) is 1.90. The van der Waals surface area contributed by atoms with Gasteiger partial charge in [-0.3, -0.25) is 4.79 Å². The van der Waals surface area contributed by atoms with Gasteiger partial charge in [0.15, 0.2) is 5.69 Å². The molecule has 0 spiro atoms. The number of benzene rings is 1. The van der Waals surface area contributed by atoms with E-state index in [0.717, 1.165) is 5.56 Å². The van der Waals surface area contributed by atoms with Crippen LogP contribution in [0.4, 0.5) is 0 Å². The zero-order valence-electron chi connectivity index (χ0n) is 12.6. The average Bonchev–Trinajstić information content (AvgIpc) is 2.97. The molecule has 0 bridgehead atoms. The van der Waals surface area contributed by atoms with Gasteiger partial charge in [0.25, 0.3) is 5.91 Å². The number of hydrogen-bond acceptors (Lipinski definition) is 3. The minimum absolute atomic E-state index is 0.218. The van der Waals surface area contributed by atoms with Crippen molar-refractivity contribution >= 4 is 5.91 Å². The quantitative estimate of drug-likeness (QED) is 0.604. The Morgan fingerprint density at radius 2 is 2.27 bits per heavy atom. The molecule has 0 radical (unpaired) electrons. The molecule has 22 heavy (non-hydrogen) atoms. The molecule has 1 aromatic heterocycles. The van der Waals surface area contributed by atoms with Gasteiger partial charge in [0.05, 0.1) is 19.3 Å². The summed E-state index contributed by atoms with van der Waals surface area (Å²) in [5, 5.41) is 7.96. The van der Waals surface area contributed by atoms with Crippen LogP contribution in [0.3, 0.4) is 0 Å². The van der Waals surface area contributed by atoms with Crippen LogP contribution in [0.15, 0.2) is 43.1 Å². The van der Waals surface area contributed by atoms with Crippen molar-refractivity contribution in [2.45, 2.75) is 13.5 Å². The highest BCUT2D eigenvalue weighted by Gasteiger charge is 2.17. The highest BCUT2D eigenvalue weighted by Crippen LogP contribution is 2.09. The number of hydrogen-bond donors (Lipinski definition) is 0. The van der Waals surface area contributed by atoms with Crippen LogP contribution < -0.4 is 0 Å². The normalized spacial score (nSPS) is 10.0. The Bertz CT molecular complexity index is 711. The molecule has 1 aromatic carbocycles. The molecule has 0 aliphatic heterocycles. The summed E-state index contributed by atoms with van der Waals surface area (Å²) in [6.45, 7) is 6.84. The highest BCUT2D eigenvalue weighted by atomic mass is 16.2. The molecular weight excluding hydrogens is 276 g/mol. The third kappa shape index (κ3) is 3.61. The second kappa shape index (κ2) is 7.23. The van der Waals surface area contributed by atoms with Crippen LogP contribution in [0.1, 0.15) is 21.6 Å². The van der Waals surface area contributed by atoms with Crippen molar-refractivity contribution in [3.8, 4) is 12.3 Å². The standard InChI is InChI=1S/C17H18N4O/c1-4-10-20(11-5-2)17(22)16-13-21(19-18-16)12-15-9-7-6-8-14(15)3/h1,5-9,13H,2,10-12H2,3H3. The van der Waals surface area contributed by atoms with Crippen molar-refractivity contribution in [1.29, 1.82) is 0 Å². The second-order valence-electron chi connectivity index (χ2n) is 4.91. The fourth-order valence-electron chi connectivity index (χ4n) is 2.08. The monoisotopic (exact) mass is 294 g/mol. The van der Waals surface area contributed by atoms with Gasteiger partial charge < -0.3 is 4.90 Å². The topological polar surface area (TPSA) is 51.0 Å². The summed E-state index contributed by atoms with van der Waals surface area (Å²) in [6, 6.07) is 8.03. The van der Waals surface area contributed by atoms with Gasteiger partial charge in [-0.05, 0) is 18.1 Å².